The molecule has 15 heavy (non-hydrogen) atoms. The number of halogens is 1. The standard InChI is InChI=1S/C12H16FNO/c1-8-5-10(13)7-11(6-8)14-12-3-4-15-9(12)2/h5-7,9,12,14H,3-4H2,1-2H3. The van der Waals surface area contributed by atoms with E-state index in [2.05, 4.69) is 5.32 Å². The maximum Gasteiger partial charge on any atom is 0.125 e. The summed E-state index contributed by atoms with van der Waals surface area (Å²) in [6.07, 6.45) is 1.19. The van der Waals surface area contributed by atoms with Gasteiger partial charge in [0.05, 0.1) is 12.1 Å². The summed E-state index contributed by atoms with van der Waals surface area (Å²) in [7, 11) is 0. The lowest BCUT2D eigenvalue weighted by Crippen LogP contribution is -2.26. The number of rotatable bonds is 2. The molecule has 0 aromatic heterocycles. The molecular weight excluding hydrogens is 193 g/mol. The predicted octanol–water partition coefficient (Wildman–Crippen LogP) is 2.72. The zero-order valence-electron chi connectivity index (χ0n) is 9.09. The fourth-order valence-corrected chi connectivity index (χ4v) is 1.96. The van der Waals surface area contributed by atoms with Crippen LogP contribution in [0.25, 0.3) is 0 Å². The predicted molar refractivity (Wildman–Crippen MR) is 58.6 cm³/mol. The van der Waals surface area contributed by atoms with Gasteiger partial charge in [0.15, 0.2) is 0 Å². The van der Waals surface area contributed by atoms with Crippen molar-refractivity contribution in [1.29, 1.82) is 0 Å². The summed E-state index contributed by atoms with van der Waals surface area (Å²) in [6.45, 7) is 4.72. The molecule has 1 aliphatic rings. The monoisotopic (exact) mass is 209 g/mol. The quantitative estimate of drug-likeness (QED) is 0.808. The summed E-state index contributed by atoms with van der Waals surface area (Å²) < 4.78 is 18.6. The van der Waals surface area contributed by atoms with Crippen molar-refractivity contribution in [2.24, 2.45) is 0 Å². The molecule has 0 bridgehead atoms. The Bertz CT molecular complexity index is 333. The summed E-state index contributed by atoms with van der Waals surface area (Å²) in [6, 6.07) is 5.30. The van der Waals surface area contributed by atoms with E-state index in [-0.39, 0.29) is 11.9 Å². The number of hydrogen-bond donors (Lipinski definition) is 1. The Morgan fingerprint density at radius 3 is 2.80 bits per heavy atom. The molecule has 0 saturated carbocycles. The van der Waals surface area contributed by atoms with Gasteiger partial charge in [0.2, 0.25) is 0 Å². The van der Waals surface area contributed by atoms with Crippen LogP contribution >= 0.6 is 0 Å². The van der Waals surface area contributed by atoms with E-state index in [4.69, 9.17) is 4.74 Å². The maximum atomic E-state index is 13.1. The Morgan fingerprint density at radius 2 is 2.20 bits per heavy atom. The summed E-state index contributed by atoms with van der Waals surface area (Å²) in [5, 5.41) is 3.31. The van der Waals surface area contributed by atoms with Gasteiger partial charge in [-0.05, 0) is 44.0 Å². The van der Waals surface area contributed by atoms with Crippen molar-refractivity contribution in [2.75, 3.05) is 11.9 Å². The molecular formula is C12H16FNO. The van der Waals surface area contributed by atoms with Gasteiger partial charge in [-0.25, -0.2) is 4.39 Å². The third-order valence-electron chi connectivity index (χ3n) is 2.77. The minimum atomic E-state index is -0.191. The number of hydrogen-bond acceptors (Lipinski definition) is 2. The number of ether oxygens (including phenoxy) is 1. The highest BCUT2D eigenvalue weighted by atomic mass is 19.1. The van der Waals surface area contributed by atoms with E-state index in [1.54, 1.807) is 0 Å². The fraction of sp³-hybridized carbons (Fsp3) is 0.500. The molecule has 1 aromatic rings. The summed E-state index contributed by atoms with van der Waals surface area (Å²) >= 11 is 0. The van der Waals surface area contributed by atoms with E-state index in [0.29, 0.717) is 6.04 Å². The molecule has 1 N–H and O–H groups in total. The van der Waals surface area contributed by atoms with Crippen LogP contribution in [0, 0.1) is 12.7 Å². The van der Waals surface area contributed by atoms with Gasteiger partial charge in [-0.2, -0.15) is 0 Å². The van der Waals surface area contributed by atoms with Crippen molar-refractivity contribution in [1.82, 2.24) is 0 Å². The third-order valence-corrected chi connectivity index (χ3v) is 2.77. The molecule has 0 amide bonds. The van der Waals surface area contributed by atoms with Crippen LogP contribution in [0.1, 0.15) is 18.9 Å². The maximum absolute atomic E-state index is 13.1. The van der Waals surface area contributed by atoms with Crippen molar-refractivity contribution >= 4 is 5.69 Å². The van der Waals surface area contributed by atoms with E-state index < -0.39 is 0 Å². The molecule has 1 saturated heterocycles. The van der Waals surface area contributed by atoms with E-state index in [1.807, 2.05) is 19.9 Å². The van der Waals surface area contributed by atoms with Gasteiger partial charge < -0.3 is 10.1 Å². The Kier molecular flexibility index (Phi) is 2.91. The summed E-state index contributed by atoms with van der Waals surface area (Å²) in [5.74, 6) is -0.191. The van der Waals surface area contributed by atoms with Gasteiger partial charge in [-0.3, -0.25) is 0 Å². The average molecular weight is 209 g/mol. The first kappa shape index (κ1) is 10.4. The molecule has 0 spiro atoms. The van der Waals surface area contributed by atoms with Gasteiger partial charge in [0.1, 0.15) is 5.82 Å². The minimum absolute atomic E-state index is 0.191. The van der Waals surface area contributed by atoms with Gasteiger partial charge in [0.25, 0.3) is 0 Å². The lowest BCUT2D eigenvalue weighted by atomic mass is 10.1. The number of benzene rings is 1. The normalized spacial score (nSPS) is 25.5. The van der Waals surface area contributed by atoms with Crippen LogP contribution in [-0.2, 0) is 4.74 Å². The molecule has 2 atom stereocenters. The molecule has 1 fully saturated rings. The Labute approximate surface area is 89.4 Å². The Morgan fingerprint density at radius 1 is 1.40 bits per heavy atom. The van der Waals surface area contributed by atoms with Crippen molar-refractivity contribution in [3.05, 3.63) is 29.6 Å². The summed E-state index contributed by atoms with van der Waals surface area (Å²) in [4.78, 5) is 0. The highest BCUT2D eigenvalue weighted by Gasteiger charge is 2.23. The second kappa shape index (κ2) is 4.19. The van der Waals surface area contributed by atoms with E-state index >= 15 is 0 Å². The first-order valence-electron chi connectivity index (χ1n) is 5.30. The van der Waals surface area contributed by atoms with E-state index in [1.165, 1.54) is 12.1 Å². The molecule has 0 aliphatic carbocycles. The topological polar surface area (TPSA) is 21.3 Å². The largest absolute Gasteiger partial charge is 0.380 e. The van der Waals surface area contributed by atoms with Gasteiger partial charge in [-0.15, -0.1) is 0 Å². The summed E-state index contributed by atoms with van der Waals surface area (Å²) in [5.41, 5.74) is 1.78. The van der Waals surface area contributed by atoms with Crippen molar-refractivity contribution in [3.8, 4) is 0 Å². The highest BCUT2D eigenvalue weighted by molar-refractivity contribution is 5.47. The third kappa shape index (κ3) is 2.48. The first-order valence-corrected chi connectivity index (χ1v) is 5.30. The fourth-order valence-electron chi connectivity index (χ4n) is 1.96. The molecule has 1 aliphatic heterocycles. The highest BCUT2D eigenvalue weighted by Crippen LogP contribution is 2.20. The second-order valence-electron chi connectivity index (χ2n) is 4.13. The second-order valence-corrected chi connectivity index (χ2v) is 4.13. The lowest BCUT2D eigenvalue weighted by Gasteiger charge is -2.17. The molecule has 1 aromatic carbocycles. The van der Waals surface area contributed by atoms with Crippen LogP contribution in [0.2, 0.25) is 0 Å². The van der Waals surface area contributed by atoms with Crippen LogP contribution in [0.15, 0.2) is 18.2 Å². The Balaban J connectivity index is 2.10. The van der Waals surface area contributed by atoms with Gasteiger partial charge in [0, 0.05) is 12.3 Å². The van der Waals surface area contributed by atoms with Crippen LogP contribution in [0.3, 0.4) is 0 Å². The van der Waals surface area contributed by atoms with E-state index in [0.717, 1.165) is 24.3 Å². The van der Waals surface area contributed by atoms with Crippen LogP contribution in [0.5, 0.6) is 0 Å². The molecule has 82 valence electrons. The molecule has 2 unspecified atom stereocenters. The number of anilines is 1. The molecule has 0 radical (unpaired) electrons. The van der Waals surface area contributed by atoms with Crippen LogP contribution in [0.4, 0.5) is 10.1 Å². The van der Waals surface area contributed by atoms with Crippen LogP contribution in [-0.4, -0.2) is 18.8 Å². The molecule has 2 rings (SSSR count). The minimum Gasteiger partial charge on any atom is -0.380 e. The first-order chi connectivity index (χ1) is 7.15. The lowest BCUT2D eigenvalue weighted by molar-refractivity contribution is 0.121. The average Bonchev–Trinajstić information content (AvgIpc) is 2.50. The smallest absolute Gasteiger partial charge is 0.125 e. The van der Waals surface area contributed by atoms with Crippen molar-refractivity contribution in [3.63, 3.8) is 0 Å². The van der Waals surface area contributed by atoms with Gasteiger partial charge >= 0.3 is 0 Å². The van der Waals surface area contributed by atoms with Crippen LogP contribution < -0.4 is 5.32 Å². The zero-order chi connectivity index (χ0) is 10.8. The SMILES string of the molecule is Cc1cc(F)cc(NC2CCOC2C)c1. The number of aryl methyl sites for hydroxylation is 1. The number of nitrogens with one attached hydrogen (secondary N) is 1. The molecule has 2 nitrogen and oxygen atoms in total. The Hall–Kier alpha value is -1.09. The zero-order valence-corrected chi connectivity index (χ0v) is 9.09. The molecule has 1 heterocycles. The van der Waals surface area contributed by atoms with Gasteiger partial charge in [-0.1, -0.05) is 0 Å². The molecule has 3 heteroatoms. The van der Waals surface area contributed by atoms with Crippen molar-refractivity contribution in [2.45, 2.75) is 32.4 Å². The van der Waals surface area contributed by atoms with E-state index in [9.17, 15) is 4.39 Å². The van der Waals surface area contributed by atoms with Crippen molar-refractivity contribution < 1.29 is 9.13 Å².